The first-order valence-corrected chi connectivity index (χ1v) is 7.29. The van der Waals surface area contributed by atoms with Gasteiger partial charge in [-0.05, 0) is 23.3 Å². The van der Waals surface area contributed by atoms with Gasteiger partial charge in [0, 0.05) is 32.0 Å². The van der Waals surface area contributed by atoms with Gasteiger partial charge in [-0.1, -0.05) is 30.3 Å². The number of aliphatic imine (C=N–C) groups is 1. The number of ether oxygens (including phenoxy) is 1. The minimum Gasteiger partial charge on any atom is -0.380 e. The average Bonchev–Trinajstić information content (AvgIpc) is 2.55. The molecule has 5 heteroatoms. The molecule has 22 heavy (non-hydrogen) atoms. The number of nitrogens with one attached hydrogen (secondary N) is 1. The van der Waals surface area contributed by atoms with Gasteiger partial charge >= 0.3 is 0 Å². The van der Waals surface area contributed by atoms with Gasteiger partial charge in [-0.3, -0.25) is 4.98 Å². The van der Waals surface area contributed by atoms with E-state index in [-0.39, 0.29) is 0 Å². The Bertz CT molecular complexity index is 599. The molecule has 0 fully saturated rings. The number of nitrogens with zero attached hydrogens (tertiary/aromatic N) is 2. The third-order valence-electron chi connectivity index (χ3n) is 3.25. The molecule has 1 aromatic heterocycles. The standard InChI is InChI=1S/C17H22N4O/c1-22-13-15-7-3-2-6-14(15)12-21-17(18)20-11-9-16-8-4-5-10-19-16/h2-8,10H,9,11-13H2,1H3,(H3,18,20,21). The number of hydrogen-bond acceptors (Lipinski definition) is 3. The predicted molar refractivity (Wildman–Crippen MR) is 88.4 cm³/mol. The minimum absolute atomic E-state index is 0.447. The molecule has 0 aliphatic carbocycles. The van der Waals surface area contributed by atoms with Crippen LogP contribution in [0, 0.1) is 0 Å². The Morgan fingerprint density at radius 3 is 2.68 bits per heavy atom. The fourth-order valence-corrected chi connectivity index (χ4v) is 2.10. The lowest BCUT2D eigenvalue weighted by Crippen LogP contribution is -2.33. The van der Waals surface area contributed by atoms with Crippen molar-refractivity contribution in [2.45, 2.75) is 19.6 Å². The highest BCUT2D eigenvalue weighted by Crippen LogP contribution is 2.10. The molecule has 0 amide bonds. The summed E-state index contributed by atoms with van der Waals surface area (Å²) in [5.74, 6) is 0.447. The van der Waals surface area contributed by atoms with Gasteiger partial charge in [-0.15, -0.1) is 0 Å². The van der Waals surface area contributed by atoms with Crippen LogP contribution in [0.3, 0.4) is 0 Å². The first kappa shape index (κ1) is 16.0. The summed E-state index contributed by atoms with van der Waals surface area (Å²) in [6, 6.07) is 14.0. The first-order valence-electron chi connectivity index (χ1n) is 7.29. The molecule has 1 heterocycles. The van der Waals surface area contributed by atoms with E-state index >= 15 is 0 Å². The van der Waals surface area contributed by atoms with Gasteiger partial charge in [0.15, 0.2) is 5.96 Å². The summed E-state index contributed by atoms with van der Waals surface area (Å²) in [5.41, 5.74) is 9.19. The van der Waals surface area contributed by atoms with Crippen molar-refractivity contribution in [1.29, 1.82) is 0 Å². The van der Waals surface area contributed by atoms with Gasteiger partial charge in [0.1, 0.15) is 0 Å². The number of hydrogen-bond donors (Lipinski definition) is 2. The van der Waals surface area contributed by atoms with Crippen LogP contribution in [0.25, 0.3) is 0 Å². The van der Waals surface area contributed by atoms with Crippen LogP contribution in [0.4, 0.5) is 0 Å². The molecular weight excluding hydrogens is 276 g/mol. The van der Waals surface area contributed by atoms with Crippen LogP contribution in [0.5, 0.6) is 0 Å². The molecule has 116 valence electrons. The van der Waals surface area contributed by atoms with Crippen LogP contribution in [0.1, 0.15) is 16.8 Å². The summed E-state index contributed by atoms with van der Waals surface area (Å²) in [6.45, 7) is 1.84. The van der Waals surface area contributed by atoms with Gasteiger partial charge in [0.05, 0.1) is 13.2 Å². The maximum atomic E-state index is 5.90. The summed E-state index contributed by atoms with van der Waals surface area (Å²) >= 11 is 0. The predicted octanol–water partition coefficient (Wildman–Crippen LogP) is 1.87. The van der Waals surface area contributed by atoms with E-state index in [9.17, 15) is 0 Å². The fourth-order valence-electron chi connectivity index (χ4n) is 2.10. The number of aromatic nitrogens is 1. The van der Waals surface area contributed by atoms with Crippen molar-refractivity contribution < 1.29 is 4.74 Å². The molecule has 0 radical (unpaired) electrons. The second kappa shape index (κ2) is 8.79. The molecule has 5 nitrogen and oxygen atoms in total. The molecular formula is C17H22N4O. The SMILES string of the molecule is COCc1ccccc1CN=C(N)NCCc1ccccn1. The Morgan fingerprint density at radius 2 is 1.95 bits per heavy atom. The number of rotatable bonds is 7. The van der Waals surface area contributed by atoms with Crippen molar-refractivity contribution in [3.63, 3.8) is 0 Å². The lowest BCUT2D eigenvalue weighted by Gasteiger charge is -2.08. The topological polar surface area (TPSA) is 72.5 Å². The van der Waals surface area contributed by atoms with Crippen LogP contribution in [0.15, 0.2) is 53.7 Å². The molecule has 2 rings (SSSR count). The summed E-state index contributed by atoms with van der Waals surface area (Å²) < 4.78 is 5.19. The second-order valence-corrected chi connectivity index (χ2v) is 4.90. The lowest BCUT2D eigenvalue weighted by molar-refractivity contribution is 0.184. The smallest absolute Gasteiger partial charge is 0.188 e. The number of methoxy groups -OCH3 is 1. The van der Waals surface area contributed by atoms with E-state index in [2.05, 4.69) is 15.3 Å². The zero-order valence-electron chi connectivity index (χ0n) is 12.8. The Balaban J connectivity index is 1.82. The number of guanidine groups is 1. The Hall–Kier alpha value is -2.40. The van der Waals surface area contributed by atoms with Crippen LogP contribution in [0.2, 0.25) is 0 Å². The summed E-state index contributed by atoms with van der Waals surface area (Å²) in [4.78, 5) is 8.64. The van der Waals surface area contributed by atoms with Crippen molar-refractivity contribution in [3.05, 3.63) is 65.5 Å². The molecule has 0 saturated heterocycles. The molecule has 3 N–H and O–H groups in total. The highest BCUT2D eigenvalue weighted by Gasteiger charge is 2.01. The van der Waals surface area contributed by atoms with E-state index in [1.54, 1.807) is 13.3 Å². The summed E-state index contributed by atoms with van der Waals surface area (Å²) in [6.07, 6.45) is 2.61. The van der Waals surface area contributed by atoms with Crippen LogP contribution >= 0.6 is 0 Å². The molecule has 0 atom stereocenters. The molecule has 0 aliphatic heterocycles. The first-order chi connectivity index (χ1) is 10.8. The van der Waals surface area contributed by atoms with Crippen molar-refractivity contribution >= 4 is 5.96 Å². The van der Waals surface area contributed by atoms with Gasteiger partial charge in [0.2, 0.25) is 0 Å². The Morgan fingerprint density at radius 1 is 1.18 bits per heavy atom. The van der Waals surface area contributed by atoms with E-state index in [1.165, 1.54) is 0 Å². The number of benzene rings is 1. The lowest BCUT2D eigenvalue weighted by atomic mass is 10.1. The zero-order chi connectivity index (χ0) is 15.6. The van der Waals surface area contributed by atoms with Crippen LogP contribution in [-0.2, 0) is 24.3 Å². The molecule has 0 spiro atoms. The van der Waals surface area contributed by atoms with Crippen molar-refractivity contribution in [1.82, 2.24) is 10.3 Å². The van der Waals surface area contributed by atoms with Crippen LogP contribution in [-0.4, -0.2) is 24.6 Å². The molecule has 2 aromatic rings. The zero-order valence-corrected chi connectivity index (χ0v) is 12.8. The van der Waals surface area contributed by atoms with E-state index in [0.29, 0.717) is 25.7 Å². The Labute approximate surface area is 131 Å². The maximum Gasteiger partial charge on any atom is 0.188 e. The van der Waals surface area contributed by atoms with Crippen LogP contribution < -0.4 is 11.1 Å². The molecule has 1 aromatic carbocycles. The monoisotopic (exact) mass is 298 g/mol. The summed E-state index contributed by atoms with van der Waals surface area (Å²) in [5, 5.41) is 3.11. The molecule has 0 aliphatic rings. The normalized spacial score (nSPS) is 11.4. The number of pyridine rings is 1. The molecule has 0 bridgehead atoms. The van der Waals surface area contributed by atoms with Gasteiger partial charge in [-0.2, -0.15) is 0 Å². The summed E-state index contributed by atoms with van der Waals surface area (Å²) in [7, 11) is 1.69. The third-order valence-corrected chi connectivity index (χ3v) is 3.25. The minimum atomic E-state index is 0.447. The van der Waals surface area contributed by atoms with Gasteiger partial charge < -0.3 is 15.8 Å². The van der Waals surface area contributed by atoms with E-state index in [4.69, 9.17) is 10.5 Å². The maximum absolute atomic E-state index is 5.90. The average molecular weight is 298 g/mol. The highest BCUT2D eigenvalue weighted by molar-refractivity contribution is 5.77. The molecule has 0 saturated carbocycles. The third kappa shape index (κ3) is 5.18. The fraction of sp³-hybridized carbons (Fsp3) is 0.294. The van der Waals surface area contributed by atoms with Gasteiger partial charge in [0.25, 0.3) is 0 Å². The van der Waals surface area contributed by atoms with Crippen molar-refractivity contribution in [3.8, 4) is 0 Å². The molecule has 0 unspecified atom stereocenters. The second-order valence-electron chi connectivity index (χ2n) is 4.90. The number of nitrogens with two attached hydrogens (primary N) is 1. The van der Waals surface area contributed by atoms with E-state index in [0.717, 1.165) is 23.2 Å². The quantitative estimate of drug-likeness (QED) is 0.604. The Kier molecular flexibility index (Phi) is 6.39. The van der Waals surface area contributed by atoms with Gasteiger partial charge in [-0.25, -0.2) is 4.99 Å². The van der Waals surface area contributed by atoms with Crippen molar-refractivity contribution in [2.24, 2.45) is 10.7 Å². The highest BCUT2D eigenvalue weighted by atomic mass is 16.5. The van der Waals surface area contributed by atoms with Crippen molar-refractivity contribution in [2.75, 3.05) is 13.7 Å². The van der Waals surface area contributed by atoms with E-state index < -0.39 is 0 Å². The largest absolute Gasteiger partial charge is 0.380 e. The van der Waals surface area contributed by atoms with E-state index in [1.807, 2.05) is 42.5 Å².